The summed E-state index contributed by atoms with van der Waals surface area (Å²) in [5.74, 6) is 0.308. The first kappa shape index (κ1) is 22.9. The number of pyridine rings is 1. The lowest BCUT2D eigenvalue weighted by Gasteiger charge is -2.20. The molecule has 3 heterocycles. The van der Waals surface area contributed by atoms with Crippen molar-refractivity contribution in [3.8, 4) is 17.1 Å². The first-order valence-corrected chi connectivity index (χ1v) is 11.3. The molecule has 0 aliphatic heterocycles. The molecule has 33 heavy (non-hydrogen) atoms. The van der Waals surface area contributed by atoms with Gasteiger partial charge in [0.15, 0.2) is 11.5 Å². The van der Waals surface area contributed by atoms with E-state index in [1.54, 1.807) is 17.8 Å². The lowest BCUT2D eigenvalue weighted by Crippen LogP contribution is -2.34. The molecular formula is C23H30FN7O2. The highest BCUT2D eigenvalue weighted by Crippen LogP contribution is 2.43. The predicted octanol–water partition coefficient (Wildman–Crippen LogP) is 2.98. The van der Waals surface area contributed by atoms with Crippen LogP contribution in [-0.4, -0.2) is 58.8 Å². The number of carbonyl (C=O) groups excluding carboxylic acids is 1. The van der Waals surface area contributed by atoms with Gasteiger partial charge < -0.3 is 20.7 Å². The Labute approximate surface area is 192 Å². The molecular weight excluding hydrogens is 425 g/mol. The number of amides is 1. The Morgan fingerprint density at radius 1 is 1.33 bits per heavy atom. The van der Waals surface area contributed by atoms with Gasteiger partial charge in [0.25, 0.3) is 5.91 Å². The minimum Gasteiger partial charge on any atom is -0.495 e. The summed E-state index contributed by atoms with van der Waals surface area (Å²) in [6.45, 7) is 5.58. The van der Waals surface area contributed by atoms with Gasteiger partial charge in [-0.2, -0.15) is 5.10 Å². The lowest BCUT2D eigenvalue weighted by atomic mass is 10.1. The molecule has 9 nitrogen and oxygen atoms in total. The summed E-state index contributed by atoms with van der Waals surface area (Å²) in [6, 6.07) is 3.04. The van der Waals surface area contributed by atoms with Crippen LogP contribution in [0.1, 0.15) is 55.1 Å². The lowest BCUT2D eigenvalue weighted by molar-refractivity contribution is 0.0963. The van der Waals surface area contributed by atoms with E-state index in [0.29, 0.717) is 35.4 Å². The monoisotopic (exact) mass is 455 g/mol. The van der Waals surface area contributed by atoms with Gasteiger partial charge in [0.05, 0.1) is 18.9 Å². The van der Waals surface area contributed by atoms with Crippen molar-refractivity contribution in [1.82, 2.24) is 30.2 Å². The zero-order valence-corrected chi connectivity index (χ0v) is 19.4. The van der Waals surface area contributed by atoms with Crippen molar-refractivity contribution in [1.29, 1.82) is 0 Å². The number of hydrogen-bond donors (Lipinski definition) is 3. The van der Waals surface area contributed by atoms with Crippen molar-refractivity contribution >= 4 is 17.4 Å². The summed E-state index contributed by atoms with van der Waals surface area (Å²) in [5.41, 5.74) is 2.02. The molecule has 1 aliphatic carbocycles. The maximum absolute atomic E-state index is 15.3. The SMILES string of the molecule is CCNCC(CC)Nc1nc(-c2cnc3cc(OC)c(C4CC4)nn23)c(F)cc1C(=O)NC. The smallest absolute Gasteiger partial charge is 0.254 e. The number of hydrogen-bond acceptors (Lipinski definition) is 7. The summed E-state index contributed by atoms with van der Waals surface area (Å²) in [6.07, 6.45) is 4.44. The average Bonchev–Trinajstić information content (AvgIpc) is 3.60. The standard InChI is InChI=1S/C23H30FN7O2/c1-5-14(11-26-6-2)28-22-15(23(32)25-3)9-16(24)21(29-22)17-12-27-19-10-18(33-4)20(13-7-8-13)30-31(17)19/h9-10,12-14,26H,5-8,11H2,1-4H3,(H,25,32)(H,28,29). The molecule has 10 heteroatoms. The van der Waals surface area contributed by atoms with E-state index in [-0.39, 0.29) is 17.3 Å². The molecule has 0 aromatic carbocycles. The highest BCUT2D eigenvalue weighted by molar-refractivity contribution is 5.99. The van der Waals surface area contributed by atoms with Crippen molar-refractivity contribution in [3.05, 3.63) is 35.4 Å². The minimum absolute atomic E-state index is 0.0187. The number of fused-ring (bicyclic) bond motifs is 1. The third-order valence-corrected chi connectivity index (χ3v) is 5.83. The highest BCUT2D eigenvalue weighted by atomic mass is 19.1. The van der Waals surface area contributed by atoms with Gasteiger partial charge in [0, 0.05) is 31.6 Å². The number of methoxy groups -OCH3 is 1. The van der Waals surface area contributed by atoms with Gasteiger partial charge in [0.1, 0.15) is 28.6 Å². The van der Waals surface area contributed by atoms with Gasteiger partial charge in [-0.15, -0.1) is 0 Å². The Kier molecular flexibility index (Phi) is 6.73. The largest absolute Gasteiger partial charge is 0.495 e. The van der Waals surface area contributed by atoms with E-state index in [0.717, 1.165) is 31.5 Å². The Morgan fingerprint density at radius 3 is 2.76 bits per heavy atom. The molecule has 0 saturated heterocycles. The summed E-state index contributed by atoms with van der Waals surface area (Å²) in [7, 11) is 3.12. The number of aromatic nitrogens is 4. The molecule has 4 rings (SSSR count). The van der Waals surface area contributed by atoms with Crippen LogP contribution >= 0.6 is 0 Å². The molecule has 0 spiro atoms. The van der Waals surface area contributed by atoms with E-state index in [1.807, 2.05) is 19.9 Å². The Bertz CT molecular complexity index is 1160. The maximum Gasteiger partial charge on any atom is 0.254 e. The molecule has 1 aliphatic rings. The maximum atomic E-state index is 15.3. The van der Waals surface area contributed by atoms with E-state index < -0.39 is 11.7 Å². The van der Waals surface area contributed by atoms with Gasteiger partial charge in [-0.3, -0.25) is 4.79 Å². The molecule has 3 aromatic rings. The molecule has 0 radical (unpaired) electrons. The molecule has 1 fully saturated rings. The highest BCUT2D eigenvalue weighted by Gasteiger charge is 2.30. The van der Waals surface area contributed by atoms with Crippen LogP contribution in [0.15, 0.2) is 18.3 Å². The number of ether oxygens (including phenoxy) is 1. The van der Waals surface area contributed by atoms with E-state index in [1.165, 1.54) is 13.1 Å². The fourth-order valence-corrected chi connectivity index (χ4v) is 3.77. The van der Waals surface area contributed by atoms with Crippen molar-refractivity contribution < 1.29 is 13.9 Å². The van der Waals surface area contributed by atoms with Gasteiger partial charge >= 0.3 is 0 Å². The number of rotatable bonds is 10. The molecule has 0 bridgehead atoms. The number of carbonyl (C=O) groups is 1. The van der Waals surface area contributed by atoms with Crippen molar-refractivity contribution in [2.24, 2.45) is 0 Å². The third-order valence-electron chi connectivity index (χ3n) is 5.83. The Hall–Kier alpha value is -3.27. The molecule has 1 amide bonds. The summed E-state index contributed by atoms with van der Waals surface area (Å²) in [4.78, 5) is 21.4. The predicted molar refractivity (Wildman–Crippen MR) is 124 cm³/mol. The first-order chi connectivity index (χ1) is 16.0. The van der Waals surface area contributed by atoms with Gasteiger partial charge in [-0.1, -0.05) is 13.8 Å². The Balaban J connectivity index is 1.81. The van der Waals surface area contributed by atoms with E-state index in [9.17, 15) is 4.79 Å². The third kappa shape index (κ3) is 4.61. The topological polar surface area (TPSA) is 105 Å². The second kappa shape index (κ2) is 9.70. The number of nitrogens with one attached hydrogen (secondary N) is 3. The second-order valence-corrected chi connectivity index (χ2v) is 8.14. The second-order valence-electron chi connectivity index (χ2n) is 8.14. The van der Waals surface area contributed by atoms with Gasteiger partial charge in [0.2, 0.25) is 0 Å². The minimum atomic E-state index is -0.619. The quantitative estimate of drug-likeness (QED) is 0.432. The van der Waals surface area contributed by atoms with Crippen molar-refractivity contribution in [2.45, 2.75) is 45.1 Å². The fourth-order valence-electron chi connectivity index (χ4n) is 3.77. The normalized spacial score (nSPS) is 14.3. The zero-order chi connectivity index (χ0) is 23.5. The first-order valence-electron chi connectivity index (χ1n) is 11.3. The number of nitrogens with zero attached hydrogens (tertiary/aromatic N) is 4. The van der Waals surface area contributed by atoms with Crippen LogP contribution < -0.4 is 20.7 Å². The average molecular weight is 456 g/mol. The van der Waals surface area contributed by atoms with Crippen molar-refractivity contribution in [3.63, 3.8) is 0 Å². The number of likely N-dealkylation sites (N-methyl/N-ethyl adjacent to an activating group) is 1. The van der Waals surface area contributed by atoms with Crippen LogP contribution in [0.25, 0.3) is 17.0 Å². The van der Waals surface area contributed by atoms with E-state index in [4.69, 9.17) is 9.84 Å². The van der Waals surface area contributed by atoms with Crippen LogP contribution in [-0.2, 0) is 0 Å². The van der Waals surface area contributed by atoms with E-state index >= 15 is 4.39 Å². The summed E-state index contributed by atoms with van der Waals surface area (Å²) in [5, 5.41) is 13.9. The van der Waals surface area contributed by atoms with Crippen LogP contribution in [0.3, 0.4) is 0 Å². The molecule has 3 N–H and O–H groups in total. The van der Waals surface area contributed by atoms with Crippen molar-refractivity contribution in [2.75, 3.05) is 32.6 Å². The number of imidazole rings is 1. The van der Waals surface area contributed by atoms with Gasteiger partial charge in [-0.05, 0) is 31.9 Å². The summed E-state index contributed by atoms with van der Waals surface area (Å²) >= 11 is 0. The van der Waals surface area contributed by atoms with Crippen LogP contribution in [0.2, 0.25) is 0 Å². The van der Waals surface area contributed by atoms with Crippen LogP contribution in [0.5, 0.6) is 5.75 Å². The summed E-state index contributed by atoms with van der Waals surface area (Å²) < 4.78 is 22.4. The molecule has 176 valence electrons. The molecule has 1 saturated carbocycles. The molecule has 1 unspecified atom stereocenters. The molecule has 3 aromatic heterocycles. The zero-order valence-electron chi connectivity index (χ0n) is 19.4. The molecule has 1 atom stereocenters. The van der Waals surface area contributed by atoms with E-state index in [2.05, 4.69) is 25.9 Å². The number of anilines is 1. The van der Waals surface area contributed by atoms with Gasteiger partial charge in [-0.25, -0.2) is 18.9 Å². The van der Waals surface area contributed by atoms with Crippen LogP contribution in [0, 0.1) is 5.82 Å². The Morgan fingerprint density at radius 2 is 2.12 bits per heavy atom. The number of halogens is 1. The fraction of sp³-hybridized carbons (Fsp3) is 0.478. The van der Waals surface area contributed by atoms with Crippen LogP contribution in [0.4, 0.5) is 10.2 Å².